The summed E-state index contributed by atoms with van der Waals surface area (Å²) in [5.74, 6) is 1.38. The Balaban J connectivity index is 1.67. The lowest BCUT2D eigenvalue weighted by Crippen LogP contribution is -2.39. The highest BCUT2D eigenvalue weighted by atomic mass is 19.1. The molecule has 0 spiro atoms. The van der Waals surface area contributed by atoms with Crippen LogP contribution in [-0.2, 0) is 6.42 Å². The average Bonchev–Trinajstić information content (AvgIpc) is 2.90. The third-order valence-electron chi connectivity index (χ3n) is 6.96. The summed E-state index contributed by atoms with van der Waals surface area (Å²) < 4.78 is 15.7. The van der Waals surface area contributed by atoms with Gasteiger partial charge in [0.1, 0.15) is 11.2 Å². The van der Waals surface area contributed by atoms with E-state index < -0.39 is 0 Å². The maximum absolute atomic E-state index is 15.7. The van der Waals surface area contributed by atoms with Crippen molar-refractivity contribution in [3.63, 3.8) is 0 Å². The quantitative estimate of drug-likeness (QED) is 0.427. The first kappa shape index (κ1) is 27.2. The van der Waals surface area contributed by atoms with Crippen molar-refractivity contribution in [1.29, 1.82) is 0 Å². The number of anilines is 2. The number of aryl methyl sites for hydroxylation is 1. The minimum atomic E-state index is -0.310. The molecule has 2 aromatic carbocycles. The van der Waals surface area contributed by atoms with E-state index in [1.165, 1.54) is 6.42 Å². The van der Waals surface area contributed by atoms with Crippen LogP contribution in [0.3, 0.4) is 0 Å². The first-order chi connectivity index (χ1) is 18.3. The summed E-state index contributed by atoms with van der Waals surface area (Å²) in [4.78, 5) is 20.5. The highest BCUT2D eigenvalue weighted by Crippen LogP contribution is 2.27. The van der Waals surface area contributed by atoms with Crippen molar-refractivity contribution in [2.45, 2.75) is 53.9 Å². The number of aromatic nitrogens is 2. The van der Waals surface area contributed by atoms with Crippen LogP contribution in [0.15, 0.2) is 46.5 Å². The van der Waals surface area contributed by atoms with Crippen molar-refractivity contribution in [3.8, 4) is 0 Å². The van der Waals surface area contributed by atoms with Crippen LogP contribution in [-0.4, -0.2) is 35.5 Å². The highest BCUT2D eigenvalue weighted by molar-refractivity contribution is 5.71. The van der Waals surface area contributed by atoms with Gasteiger partial charge in [0.2, 0.25) is 5.95 Å². The fraction of sp³-hybridized carbons (Fsp3) is 0.355. The molecule has 0 amide bonds. The number of rotatable bonds is 7. The van der Waals surface area contributed by atoms with Crippen LogP contribution in [0.2, 0.25) is 0 Å². The van der Waals surface area contributed by atoms with Gasteiger partial charge >= 0.3 is 0 Å². The zero-order valence-corrected chi connectivity index (χ0v) is 23.1. The van der Waals surface area contributed by atoms with Crippen molar-refractivity contribution >= 4 is 42.2 Å². The Morgan fingerprint density at radius 3 is 2.76 bits per heavy atom. The normalized spacial score (nSPS) is 16.9. The summed E-state index contributed by atoms with van der Waals surface area (Å²) in [6.07, 6.45) is 8.11. The number of nitrogens with zero attached hydrogens (tertiary/aromatic N) is 5. The largest absolute Gasteiger partial charge is 0.341 e. The molecule has 6 nitrogen and oxygen atoms in total. The second kappa shape index (κ2) is 12.1. The Hall–Kier alpha value is -3.87. The third-order valence-corrected chi connectivity index (χ3v) is 6.96. The van der Waals surface area contributed by atoms with Crippen molar-refractivity contribution in [3.05, 3.63) is 75.2 Å². The predicted molar refractivity (Wildman–Crippen MR) is 158 cm³/mol. The Kier molecular flexibility index (Phi) is 8.66. The fourth-order valence-corrected chi connectivity index (χ4v) is 4.81. The van der Waals surface area contributed by atoms with Crippen LogP contribution < -0.4 is 20.8 Å². The van der Waals surface area contributed by atoms with E-state index in [2.05, 4.69) is 56.9 Å². The number of piperidine rings is 1. The van der Waals surface area contributed by atoms with Gasteiger partial charge in [0.15, 0.2) is 5.82 Å². The zero-order valence-electron chi connectivity index (χ0n) is 23.1. The summed E-state index contributed by atoms with van der Waals surface area (Å²) in [7, 11) is 0. The fourth-order valence-electron chi connectivity index (χ4n) is 4.81. The third kappa shape index (κ3) is 6.15. The topological polar surface area (TPSA) is 65.8 Å². The molecule has 2 heterocycles. The number of hydrogen-bond donors (Lipinski definition) is 1. The van der Waals surface area contributed by atoms with E-state index in [1.807, 2.05) is 33.8 Å². The number of aliphatic imine (C=N–C) groups is 2. The molecule has 1 N–H and O–H groups in total. The molecule has 1 unspecified atom stereocenters. The van der Waals surface area contributed by atoms with Gasteiger partial charge in [0.25, 0.3) is 0 Å². The number of nitrogens with one attached hydrogen (secondary N) is 1. The molecule has 7 heteroatoms. The van der Waals surface area contributed by atoms with Gasteiger partial charge in [0.05, 0.1) is 11.4 Å². The molecule has 0 aliphatic carbocycles. The molecule has 1 aliphatic heterocycles. The molecule has 1 aromatic heterocycles. The molecule has 3 aromatic rings. The van der Waals surface area contributed by atoms with Crippen molar-refractivity contribution in [2.24, 2.45) is 15.9 Å². The Morgan fingerprint density at radius 1 is 1.21 bits per heavy atom. The maximum atomic E-state index is 15.7. The monoisotopic (exact) mass is 512 g/mol. The lowest BCUT2D eigenvalue weighted by molar-refractivity contribution is 0.441. The molecule has 198 valence electrons. The van der Waals surface area contributed by atoms with Gasteiger partial charge in [-0.2, -0.15) is 0 Å². The zero-order chi connectivity index (χ0) is 27.2. The van der Waals surface area contributed by atoms with E-state index in [1.54, 1.807) is 24.7 Å². The SMILES string of the molecule is C=c1cnc(N2CCCC(C)C2)n/c1=C(/N=CC)Nc1ccc(Cc2ccc(C)c(N=CC)c2)c(C)c1F. The van der Waals surface area contributed by atoms with Crippen molar-refractivity contribution < 1.29 is 4.39 Å². The lowest BCUT2D eigenvalue weighted by atomic mass is 9.98. The standard InChI is InChI=1S/C31H37FN6/c1-7-33-27-17-24(12-11-21(27)4)16-25-13-14-26(28(32)23(25)6)36-30(34-8-2)29-22(5)18-35-31(37-29)38-15-9-10-20(3)19-38/h7-8,11-14,17-18,20,36H,5,9-10,15-16,19H2,1-4,6H3/b30-29-,33-7?,34-8?. The van der Waals surface area contributed by atoms with Gasteiger partial charge < -0.3 is 10.2 Å². The van der Waals surface area contributed by atoms with Gasteiger partial charge in [-0.25, -0.2) is 19.4 Å². The first-order valence-electron chi connectivity index (χ1n) is 13.2. The minimum absolute atomic E-state index is 0.310. The van der Waals surface area contributed by atoms with Crippen LogP contribution >= 0.6 is 0 Å². The van der Waals surface area contributed by atoms with E-state index in [0.29, 0.717) is 45.9 Å². The molecular formula is C31H37FN6. The Labute approximate surface area is 224 Å². The molecule has 0 saturated carbocycles. The van der Waals surface area contributed by atoms with Gasteiger partial charge in [-0.05, 0) is 87.3 Å². The van der Waals surface area contributed by atoms with Crippen LogP contribution in [0.4, 0.5) is 21.7 Å². The molecule has 0 bridgehead atoms. The van der Waals surface area contributed by atoms with Crippen molar-refractivity contribution in [1.82, 2.24) is 9.97 Å². The van der Waals surface area contributed by atoms with E-state index in [9.17, 15) is 0 Å². The van der Waals surface area contributed by atoms with Gasteiger partial charge in [0, 0.05) is 36.9 Å². The van der Waals surface area contributed by atoms with E-state index in [-0.39, 0.29) is 5.82 Å². The molecule has 1 saturated heterocycles. The van der Waals surface area contributed by atoms with Gasteiger partial charge in [-0.1, -0.05) is 31.7 Å². The maximum Gasteiger partial charge on any atom is 0.226 e. The molecule has 1 atom stereocenters. The van der Waals surface area contributed by atoms with E-state index in [4.69, 9.17) is 4.98 Å². The number of benzene rings is 2. The van der Waals surface area contributed by atoms with Crippen LogP contribution in [0, 0.1) is 25.6 Å². The highest BCUT2D eigenvalue weighted by Gasteiger charge is 2.19. The van der Waals surface area contributed by atoms with Crippen LogP contribution in [0.25, 0.3) is 12.4 Å². The number of hydrogen-bond acceptors (Lipinski definition) is 6. The first-order valence-corrected chi connectivity index (χ1v) is 13.2. The second-order valence-electron chi connectivity index (χ2n) is 9.99. The lowest BCUT2D eigenvalue weighted by Gasteiger charge is -2.30. The summed E-state index contributed by atoms with van der Waals surface area (Å²) in [6.45, 7) is 15.8. The average molecular weight is 513 g/mol. The smallest absolute Gasteiger partial charge is 0.226 e. The minimum Gasteiger partial charge on any atom is -0.341 e. The van der Waals surface area contributed by atoms with Gasteiger partial charge in [-0.15, -0.1) is 0 Å². The molecule has 4 rings (SSSR count). The molecular weight excluding hydrogens is 475 g/mol. The number of halogens is 1. The summed E-state index contributed by atoms with van der Waals surface area (Å²) in [5, 5.41) is 4.38. The van der Waals surface area contributed by atoms with Gasteiger partial charge in [-0.3, -0.25) is 4.99 Å². The van der Waals surface area contributed by atoms with Crippen LogP contribution in [0.5, 0.6) is 0 Å². The van der Waals surface area contributed by atoms with Crippen molar-refractivity contribution in [2.75, 3.05) is 23.3 Å². The summed E-state index contributed by atoms with van der Waals surface area (Å²) in [6, 6.07) is 9.91. The van der Waals surface area contributed by atoms with E-state index in [0.717, 1.165) is 41.9 Å². The molecule has 0 radical (unpaired) electrons. The Morgan fingerprint density at radius 2 is 2.03 bits per heavy atom. The Bertz CT molecular complexity index is 1480. The second-order valence-corrected chi connectivity index (χ2v) is 9.99. The molecule has 1 fully saturated rings. The predicted octanol–water partition coefficient (Wildman–Crippen LogP) is 5.46. The summed E-state index contributed by atoms with van der Waals surface area (Å²) in [5.41, 5.74) is 5.00. The van der Waals surface area contributed by atoms with Crippen LogP contribution in [0.1, 0.15) is 55.9 Å². The van der Waals surface area contributed by atoms with E-state index >= 15 is 4.39 Å². The molecule has 1 aliphatic rings. The molecule has 38 heavy (non-hydrogen) atoms. The summed E-state index contributed by atoms with van der Waals surface area (Å²) >= 11 is 0.